The van der Waals surface area contributed by atoms with Gasteiger partial charge in [-0.3, -0.25) is 14.7 Å². The zero-order valence-corrected chi connectivity index (χ0v) is 8.34. The Morgan fingerprint density at radius 1 is 1.12 bits per heavy atom. The number of hydrogen-bond donors (Lipinski definition) is 1. The van der Waals surface area contributed by atoms with Crippen LogP contribution < -0.4 is 0 Å². The van der Waals surface area contributed by atoms with Crippen molar-refractivity contribution in [3.8, 4) is 0 Å². The van der Waals surface area contributed by atoms with Gasteiger partial charge in [-0.15, -0.1) is 5.10 Å². The van der Waals surface area contributed by atoms with E-state index in [1.54, 1.807) is 0 Å². The average molecular weight is 219 g/mol. The summed E-state index contributed by atoms with van der Waals surface area (Å²) in [5, 5.41) is 10.2. The third-order valence-corrected chi connectivity index (χ3v) is 1.99. The molecule has 2 heterocycles. The lowest BCUT2D eigenvalue weighted by atomic mass is 10.3. The van der Waals surface area contributed by atoms with Gasteiger partial charge in [0.1, 0.15) is 5.52 Å². The first kappa shape index (κ1) is 10.3. The van der Waals surface area contributed by atoms with E-state index in [2.05, 4.69) is 20.1 Å². The summed E-state index contributed by atoms with van der Waals surface area (Å²) in [7, 11) is 0. The number of nitrogens with one attached hydrogen (secondary N) is 1. The van der Waals surface area contributed by atoms with E-state index in [0.717, 1.165) is 11.0 Å². The van der Waals surface area contributed by atoms with E-state index in [1.165, 1.54) is 0 Å². The Balaban J connectivity index is 0.000000125. The van der Waals surface area contributed by atoms with Crippen molar-refractivity contribution >= 4 is 23.0 Å². The Kier molecular flexibility index (Phi) is 2.90. The Hall–Kier alpha value is -2.24. The molecule has 16 heavy (non-hydrogen) atoms. The van der Waals surface area contributed by atoms with Gasteiger partial charge in [0.25, 0.3) is 0 Å². The third kappa shape index (κ3) is 2.41. The molecule has 1 aliphatic rings. The molecule has 1 aliphatic heterocycles. The third-order valence-electron chi connectivity index (χ3n) is 1.99. The minimum atomic E-state index is -0.398. The van der Waals surface area contributed by atoms with E-state index in [0.29, 0.717) is 0 Å². The molecular weight excluding hydrogens is 210 g/mol. The summed E-state index contributed by atoms with van der Waals surface area (Å²) in [4.78, 5) is 20.0. The number of aromatic amines is 1. The number of para-hydroxylation sites is 1. The normalized spacial score (nSPS) is 14.5. The van der Waals surface area contributed by atoms with Crippen LogP contribution in [-0.2, 0) is 14.3 Å². The summed E-state index contributed by atoms with van der Waals surface area (Å²) in [5.74, 6) is -0.796. The van der Waals surface area contributed by atoms with Crippen LogP contribution in [0.1, 0.15) is 12.8 Å². The van der Waals surface area contributed by atoms with E-state index in [1.807, 2.05) is 24.3 Å². The van der Waals surface area contributed by atoms with Gasteiger partial charge in [0, 0.05) is 0 Å². The fraction of sp³-hybridized carbons (Fsp3) is 0.200. The predicted molar refractivity (Wildman–Crippen MR) is 54.2 cm³/mol. The van der Waals surface area contributed by atoms with Crippen molar-refractivity contribution in [2.24, 2.45) is 0 Å². The summed E-state index contributed by atoms with van der Waals surface area (Å²) in [6.45, 7) is 0. The molecule has 0 atom stereocenters. The smallest absolute Gasteiger partial charge is 0.314 e. The number of carbonyl (C=O) groups is 2. The summed E-state index contributed by atoms with van der Waals surface area (Å²) >= 11 is 0. The lowest BCUT2D eigenvalue weighted by molar-refractivity contribution is -0.151. The molecule has 0 unspecified atom stereocenters. The zero-order chi connectivity index (χ0) is 11.4. The van der Waals surface area contributed by atoms with Crippen molar-refractivity contribution in [3.05, 3.63) is 24.3 Å². The molecule has 0 spiro atoms. The molecule has 1 fully saturated rings. The van der Waals surface area contributed by atoms with E-state index in [-0.39, 0.29) is 12.8 Å². The van der Waals surface area contributed by atoms with E-state index >= 15 is 0 Å². The van der Waals surface area contributed by atoms with Crippen molar-refractivity contribution in [2.75, 3.05) is 0 Å². The molecule has 1 aromatic carbocycles. The lowest BCUT2D eigenvalue weighted by Crippen LogP contribution is -1.94. The Morgan fingerprint density at radius 2 is 1.81 bits per heavy atom. The zero-order valence-electron chi connectivity index (χ0n) is 8.34. The number of fused-ring (bicyclic) bond motifs is 1. The first-order chi connectivity index (χ1) is 7.75. The van der Waals surface area contributed by atoms with Gasteiger partial charge >= 0.3 is 11.9 Å². The molecule has 0 radical (unpaired) electrons. The van der Waals surface area contributed by atoms with Crippen molar-refractivity contribution in [2.45, 2.75) is 12.8 Å². The van der Waals surface area contributed by atoms with Crippen molar-refractivity contribution in [1.82, 2.24) is 15.4 Å². The second-order valence-corrected chi connectivity index (χ2v) is 3.18. The number of cyclic esters (lactones) is 2. The summed E-state index contributed by atoms with van der Waals surface area (Å²) in [6.07, 6.45) is 0.525. The van der Waals surface area contributed by atoms with Crippen molar-refractivity contribution in [1.29, 1.82) is 0 Å². The molecule has 0 saturated carbocycles. The first-order valence-electron chi connectivity index (χ1n) is 4.75. The van der Waals surface area contributed by atoms with Gasteiger partial charge in [-0.25, -0.2) is 0 Å². The molecule has 1 saturated heterocycles. The van der Waals surface area contributed by atoms with Crippen LogP contribution in [0.2, 0.25) is 0 Å². The van der Waals surface area contributed by atoms with Crippen LogP contribution in [0, 0.1) is 0 Å². The highest BCUT2D eigenvalue weighted by molar-refractivity contribution is 5.92. The molecule has 1 N–H and O–H groups in total. The maximum absolute atomic E-state index is 10.0. The SMILES string of the molecule is O=C1CCC(=O)O1.c1ccc2[nH]nnc2c1. The van der Waals surface area contributed by atoms with Gasteiger partial charge in [0.05, 0.1) is 18.4 Å². The molecular formula is C10H9N3O3. The number of aromatic nitrogens is 3. The summed E-state index contributed by atoms with van der Waals surface area (Å²) < 4.78 is 4.08. The molecule has 6 nitrogen and oxygen atoms in total. The van der Waals surface area contributed by atoms with Crippen LogP contribution in [0.25, 0.3) is 11.0 Å². The number of H-pyrrole nitrogens is 1. The van der Waals surface area contributed by atoms with Gasteiger partial charge < -0.3 is 4.74 Å². The summed E-state index contributed by atoms with van der Waals surface area (Å²) in [6, 6.07) is 7.74. The van der Waals surface area contributed by atoms with Crippen LogP contribution >= 0.6 is 0 Å². The van der Waals surface area contributed by atoms with Gasteiger partial charge in [0.2, 0.25) is 0 Å². The van der Waals surface area contributed by atoms with Crippen LogP contribution in [0.4, 0.5) is 0 Å². The molecule has 82 valence electrons. The van der Waals surface area contributed by atoms with Gasteiger partial charge in [-0.1, -0.05) is 17.3 Å². The van der Waals surface area contributed by atoms with Gasteiger partial charge in [-0.2, -0.15) is 0 Å². The molecule has 3 rings (SSSR count). The topological polar surface area (TPSA) is 84.9 Å². The number of carbonyl (C=O) groups excluding carboxylic acids is 2. The van der Waals surface area contributed by atoms with Gasteiger partial charge in [-0.05, 0) is 12.1 Å². The number of ether oxygens (including phenoxy) is 1. The molecule has 0 bridgehead atoms. The number of rotatable bonds is 0. The molecule has 2 aromatic rings. The highest BCUT2D eigenvalue weighted by atomic mass is 16.6. The maximum Gasteiger partial charge on any atom is 0.314 e. The summed E-state index contributed by atoms with van der Waals surface area (Å²) in [5.41, 5.74) is 1.90. The van der Waals surface area contributed by atoms with Crippen LogP contribution in [0.15, 0.2) is 24.3 Å². The molecule has 0 aliphatic carbocycles. The van der Waals surface area contributed by atoms with Crippen molar-refractivity contribution in [3.63, 3.8) is 0 Å². The van der Waals surface area contributed by atoms with Gasteiger partial charge in [0.15, 0.2) is 0 Å². The van der Waals surface area contributed by atoms with Crippen LogP contribution in [0.3, 0.4) is 0 Å². The fourth-order valence-corrected chi connectivity index (χ4v) is 1.22. The lowest BCUT2D eigenvalue weighted by Gasteiger charge is -1.79. The quantitative estimate of drug-likeness (QED) is 0.523. The number of esters is 2. The first-order valence-corrected chi connectivity index (χ1v) is 4.75. The minimum Gasteiger partial charge on any atom is -0.393 e. The average Bonchev–Trinajstić information content (AvgIpc) is 2.88. The number of nitrogens with zero attached hydrogens (tertiary/aromatic N) is 2. The molecule has 1 aromatic heterocycles. The van der Waals surface area contributed by atoms with E-state index in [9.17, 15) is 9.59 Å². The second-order valence-electron chi connectivity index (χ2n) is 3.18. The Labute approximate surface area is 90.6 Å². The van der Waals surface area contributed by atoms with Crippen molar-refractivity contribution < 1.29 is 14.3 Å². The Morgan fingerprint density at radius 3 is 2.38 bits per heavy atom. The molecule has 0 amide bonds. The molecule has 6 heteroatoms. The van der Waals surface area contributed by atoms with E-state index < -0.39 is 11.9 Å². The fourth-order valence-electron chi connectivity index (χ4n) is 1.22. The highest BCUT2D eigenvalue weighted by Gasteiger charge is 2.19. The maximum atomic E-state index is 10.0. The van der Waals surface area contributed by atoms with Crippen LogP contribution in [-0.4, -0.2) is 27.3 Å². The second kappa shape index (κ2) is 4.52. The highest BCUT2D eigenvalue weighted by Crippen LogP contribution is 2.04. The van der Waals surface area contributed by atoms with Crippen LogP contribution in [0.5, 0.6) is 0 Å². The predicted octanol–water partition coefficient (Wildman–Crippen LogP) is 0.808. The standard InChI is InChI=1S/C6H5N3.C4H4O3/c1-2-4-6-5(3-1)7-9-8-6;5-3-1-2-4(6)7-3/h1-4H,(H,7,8,9);1-2H2. The number of benzene rings is 1. The minimum absolute atomic E-state index is 0.263. The monoisotopic (exact) mass is 219 g/mol. The largest absolute Gasteiger partial charge is 0.393 e. The number of hydrogen-bond acceptors (Lipinski definition) is 5. The Bertz CT molecular complexity index is 477. The van der Waals surface area contributed by atoms with E-state index in [4.69, 9.17) is 0 Å².